The molecule has 0 radical (unpaired) electrons. The van der Waals surface area contributed by atoms with Crippen LogP contribution in [0.15, 0.2) is 5.11 Å². The highest BCUT2D eigenvalue weighted by Crippen LogP contribution is 2.34. The van der Waals surface area contributed by atoms with Gasteiger partial charge in [-0.05, 0) is 24.3 Å². The van der Waals surface area contributed by atoms with Crippen molar-refractivity contribution < 1.29 is 9.47 Å². The molecule has 0 saturated carbocycles. The molecule has 0 unspecified atom stereocenters. The van der Waals surface area contributed by atoms with Gasteiger partial charge in [0.1, 0.15) is 0 Å². The number of ether oxygens (including phenoxy) is 2. The summed E-state index contributed by atoms with van der Waals surface area (Å²) in [5.74, 6) is 0.806. The first-order valence-electron chi connectivity index (χ1n) is 4.66. The summed E-state index contributed by atoms with van der Waals surface area (Å²) in [6, 6.07) is 0. The van der Waals surface area contributed by atoms with Crippen LogP contribution in [0.5, 0.6) is 0 Å². The van der Waals surface area contributed by atoms with Crippen LogP contribution in [0.1, 0.15) is 12.8 Å². The average Bonchev–Trinajstić information content (AvgIpc) is 2.58. The Kier molecular flexibility index (Phi) is 2.68. The van der Waals surface area contributed by atoms with Crippen molar-refractivity contribution in [3.05, 3.63) is 10.4 Å². The predicted octanol–water partition coefficient (Wildman–Crippen LogP) is 1.70. The molecular formula is C8H13N3O2. The summed E-state index contributed by atoms with van der Waals surface area (Å²) >= 11 is 0. The molecule has 0 aromatic carbocycles. The van der Waals surface area contributed by atoms with Crippen LogP contribution in [0, 0.1) is 11.8 Å². The van der Waals surface area contributed by atoms with Crippen LogP contribution in [0.3, 0.4) is 0 Å². The van der Waals surface area contributed by atoms with Gasteiger partial charge >= 0.3 is 0 Å². The van der Waals surface area contributed by atoms with E-state index in [0.717, 1.165) is 19.4 Å². The third-order valence-electron chi connectivity index (χ3n) is 2.77. The fourth-order valence-corrected chi connectivity index (χ4v) is 2.08. The zero-order valence-corrected chi connectivity index (χ0v) is 7.43. The lowest BCUT2D eigenvalue weighted by molar-refractivity contribution is -0.151. The molecule has 2 fully saturated rings. The fourth-order valence-electron chi connectivity index (χ4n) is 2.08. The topological polar surface area (TPSA) is 67.2 Å². The SMILES string of the molecule is [N-]=[N+]=NC[C@@H]1CO[C@H]2OCCC[C@@H]12. The average molecular weight is 183 g/mol. The van der Waals surface area contributed by atoms with E-state index in [2.05, 4.69) is 10.0 Å². The van der Waals surface area contributed by atoms with Crippen molar-refractivity contribution in [3.63, 3.8) is 0 Å². The predicted molar refractivity (Wildman–Crippen MR) is 45.9 cm³/mol. The molecule has 0 N–H and O–H groups in total. The fraction of sp³-hybridized carbons (Fsp3) is 1.00. The number of fused-ring (bicyclic) bond motifs is 1. The van der Waals surface area contributed by atoms with Gasteiger partial charge in [0.15, 0.2) is 6.29 Å². The molecule has 2 aliphatic heterocycles. The van der Waals surface area contributed by atoms with Crippen LogP contribution in [-0.2, 0) is 9.47 Å². The van der Waals surface area contributed by atoms with Gasteiger partial charge in [0.25, 0.3) is 0 Å². The van der Waals surface area contributed by atoms with E-state index in [-0.39, 0.29) is 6.29 Å². The van der Waals surface area contributed by atoms with Crippen LogP contribution >= 0.6 is 0 Å². The Morgan fingerprint density at radius 3 is 3.23 bits per heavy atom. The second-order valence-electron chi connectivity index (χ2n) is 3.55. The molecule has 0 aliphatic carbocycles. The molecule has 13 heavy (non-hydrogen) atoms. The lowest BCUT2D eigenvalue weighted by Gasteiger charge is -2.26. The number of nitrogens with zero attached hydrogens (tertiary/aromatic N) is 3. The minimum atomic E-state index is -0.0346. The van der Waals surface area contributed by atoms with E-state index in [1.54, 1.807) is 0 Å². The van der Waals surface area contributed by atoms with Crippen molar-refractivity contribution in [2.45, 2.75) is 19.1 Å². The van der Waals surface area contributed by atoms with Crippen molar-refractivity contribution >= 4 is 0 Å². The minimum Gasteiger partial charge on any atom is -0.352 e. The molecule has 2 aliphatic rings. The van der Waals surface area contributed by atoms with E-state index < -0.39 is 0 Å². The van der Waals surface area contributed by atoms with Crippen molar-refractivity contribution in [3.8, 4) is 0 Å². The lowest BCUT2D eigenvalue weighted by atomic mass is 9.89. The zero-order chi connectivity index (χ0) is 9.10. The Bertz CT molecular complexity index is 227. The summed E-state index contributed by atoms with van der Waals surface area (Å²) in [6.07, 6.45) is 2.20. The van der Waals surface area contributed by atoms with Crippen LogP contribution in [0.25, 0.3) is 10.4 Å². The highest BCUT2D eigenvalue weighted by atomic mass is 16.7. The van der Waals surface area contributed by atoms with Gasteiger partial charge in [-0.15, -0.1) is 0 Å². The summed E-state index contributed by atoms with van der Waals surface area (Å²) in [5.41, 5.74) is 8.21. The molecular weight excluding hydrogens is 170 g/mol. The van der Waals surface area contributed by atoms with Crippen LogP contribution in [0.4, 0.5) is 0 Å². The van der Waals surface area contributed by atoms with Gasteiger partial charge in [-0.3, -0.25) is 0 Å². The number of rotatable bonds is 2. The number of hydrogen-bond acceptors (Lipinski definition) is 3. The molecule has 2 saturated heterocycles. The summed E-state index contributed by atoms with van der Waals surface area (Å²) < 4.78 is 10.9. The van der Waals surface area contributed by atoms with Crippen LogP contribution in [0.2, 0.25) is 0 Å². The summed E-state index contributed by atoms with van der Waals surface area (Å²) in [5, 5.41) is 3.59. The van der Waals surface area contributed by atoms with Gasteiger partial charge in [-0.2, -0.15) is 0 Å². The Balaban J connectivity index is 1.94. The molecule has 2 rings (SSSR count). The molecule has 3 atom stereocenters. The van der Waals surface area contributed by atoms with E-state index in [1.165, 1.54) is 0 Å². The maximum atomic E-state index is 8.21. The highest BCUT2D eigenvalue weighted by molar-refractivity contribution is 4.82. The van der Waals surface area contributed by atoms with Crippen LogP contribution < -0.4 is 0 Å². The monoisotopic (exact) mass is 183 g/mol. The smallest absolute Gasteiger partial charge is 0.160 e. The van der Waals surface area contributed by atoms with Crippen molar-refractivity contribution in [1.29, 1.82) is 0 Å². The molecule has 2 heterocycles. The molecule has 0 amide bonds. The zero-order valence-electron chi connectivity index (χ0n) is 7.43. The molecule has 72 valence electrons. The second kappa shape index (κ2) is 3.96. The van der Waals surface area contributed by atoms with Gasteiger partial charge in [0, 0.05) is 24.0 Å². The molecule has 0 spiro atoms. The van der Waals surface area contributed by atoms with Crippen molar-refractivity contribution in [1.82, 2.24) is 0 Å². The second-order valence-corrected chi connectivity index (χ2v) is 3.55. The van der Waals surface area contributed by atoms with Gasteiger partial charge in [0.05, 0.1) is 6.61 Å². The Hall–Kier alpha value is -0.770. The van der Waals surface area contributed by atoms with Gasteiger partial charge in [-0.25, -0.2) is 0 Å². The van der Waals surface area contributed by atoms with E-state index in [9.17, 15) is 0 Å². The minimum absolute atomic E-state index is 0.0346. The molecule has 0 aromatic heterocycles. The first-order chi connectivity index (χ1) is 6.42. The maximum absolute atomic E-state index is 8.21. The van der Waals surface area contributed by atoms with E-state index in [0.29, 0.717) is 25.0 Å². The third-order valence-corrected chi connectivity index (χ3v) is 2.77. The van der Waals surface area contributed by atoms with Gasteiger partial charge in [-0.1, -0.05) is 5.11 Å². The summed E-state index contributed by atoms with van der Waals surface area (Å²) in [4.78, 5) is 2.77. The van der Waals surface area contributed by atoms with Crippen molar-refractivity contribution in [2.75, 3.05) is 19.8 Å². The van der Waals surface area contributed by atoms with Gasteiger partial charge < -0.3 is 9.47 Å². The maximum Gasteiger partial charge on any atom is 0.160 e. The normalized spacial score (nSPS) is 38.0. The van der Waals surface area contributed by atoms with Crippen molar-refractivity contribution in [2.24, 2.45) is 17.0 Å². The molecule has 5 nitrogen and oxygen atoms in total. The number of azide groups is 1. The molecule has 0 aromatic rings. The van der Waals surface area contributed by atoms with Gasteiger partial charge in [0.2, 0.25) is 0 Å². The standard InChI is InChI=1S/C8H13N3O2/c9-11-10-4-6-5-13-8-7(6)2-1-3-12-8/h6-8H,1-5H2/t6-,7+,8-/m1/s1. The molecule has 0 bridgehead atoms. The molecule has 5 heteroatoms. The summed E-state index contributed by atoms with van der Waals surface area (Å²) in [6.45, 7) is 2.02. The quantitative estimate of drug-likeness (QED) is 0.371. The Morgan fingerprint density at radius 2 is 2.38 bits per heavy atom. The third kappa shape index (κ3) is 1.77. The first-order valence-corrected chi connectivity index (χ1v) is 4.66. The van der Waals surface area contributed by atoms with E-state index in [4.69, 9.17) is 15.0 Å². The lowest BCUT2D eigenvalue weighted by Crippen LogP contribution is -2.29. The Morgan fingerprint density at radius 1 is 1.46 bits per heavy atom. The summed E-state index contributed by atoms with van der Waals surface area (Å²) in [7, 11) is 0. The Labute approximate surface area is 76.6 Å². The van der Waals surface area contributed by atoms with Crippen LogP contribution in [-0.4, -0.2) is 26.0 Å². The largest absolute Gasteiger partial charge is 0.352 e. The number of hydrogen-bond donors (Lipinski definition) is 0. The first kappa shape index (κ1) is 8.81. The van der Waals surface area contributed by atoms with E-state index >= 15 is 0 Å². The highest BCUT2D eigenvalue weighted by Gasteiger charge is 2.38. The van der Waals surface area contributed by atoms with E-state index in [1.807, 2.05) is 0 Å².